The van der Waals surface area contributed by atoms with Crippen LogP contribution in [0.15, 0.2) is 42.5 Å². The van der Waals surface area contributed by atoms with Gasteiger partial charge in [0.15, 0.2) is 0 Å². The lowest BCUT2D eigenvalue weighted by Crippen LogP contribution is -2.03. The maximum atomic E-state index is 10.5. The van der Waals surface area contributed by atoms with Crippen molar-refractivity contribution in [2.24, 2.45) is 0 Å². The van der Waals surface area contributed by atoms with E-state index >= 15 is 0 Å². The van der Waals surface area contributed by atoms with Gasteiger partial charge in [-0.15, -0.1) is 0 Å². The van der Waals surface area contributed by atoms with E-state index in [0.29, 0.717) is 0 Å². The van der Waals surface area contributed by atoms with Gasteiger partial charge >= 0.3 is 5.97 Å². The minimum Gasteiger partial charge on any atom is -0.481 e. The van der Waals surface area contributed by atoms with Gasteiger partial charge in [-0.25, -0.2) is 0 Å². The Morgan fingerprint density at radius 1 is 1.05 bits per heavy atom. The van der Waals surface area contributed by atoms with Crippen LogP contribution in [0.3, 0.4) is 0 Å². The van der Waals surface area contributed by atoms with Crippen LogP contribution in [0.2, 0.25) is 0 Å². The van der Waals surface area contributed by atoms with Gasteiger partial charge in [0.1, 0.15) is 0 Å². The third kappa shape index (κ3) is 4.38. The standard InChI is InChI=1S/C12H10O2.C4H9N/c13-12(14)8-9-5-6-10-3-1-2-4-11(10)7-9;1-2-4-5-3-1/h1-7H,8H2,(H,13,14);5H,1-4H2. The summed E-state index contributed by atoms with van der Waals surface area (Å²) < 4.78 is 0. The van der Waals surface area contributed by atoms with Gasteiger partial charge < -0.3 is 10.4 Å². The molecule has 0 saturated carbocycles. The summed E-state index contributed by atoms with van der Waals surface area (Å²) in [5.41, 5.74) is 0.844. The third-order valence-electron chi connectivity index (χ3n) is 3.13. The van der Waals surface area contributed by atoms with Crippen LogP contribution in [0.25, 0.3) is 10.8 Å². The molecule has 100 valence electrons. The molecular formula is C16H19NO2. The number of carboxylic acid groups (broad SMARTS) is 1. The van der Waals surface area contributed by atoms with E-state index in [1.54, 1.807) is 0 Å². The van der Waals surface area contributed by atoms with E-state index in [1.165, 1.54) is 25.9 Å². The fourth-order valence-corrected chi connectivity index (χ4v) is 2.15. The van der Waals surface area contributed by atoms with Crippen LogP contribution in [-0.2, 0) is 11.2 Å². The highest BCUT2D eigenvalue weighted by molar-refractivity contribution is 5.84. The average molecular weight is 257 g/mol. The van der Waals surface area contributed by atoms with Crippen molar-refractivity contribution in [3.8, 4) is 0 Å². The Labute approximate surface area is 113 Å². The molecule has 2 N–H and O–H groups in total. The van der Waals surface area contributed by atoms with E-state index in [9.17, 15) is 4.79 Å². The highest BCUT2D eigenvalue weighted by atomic mass is 16.4. The van der Waals surface area contributed by atoms with Gasteiger partial charge in [-0.3, -0.25) is 4.79 Å². The average Bonchev–Trinajstić information content (AvgIpc) is 2.97. The predicted octanol–water partition coefficient (Wildman–Crippen LogP) is 2.84. The fourth-order valence-electron chi connectivity index (χ4n) is 2.15. The Morgan fingerprint density at radius 2 is 1.74 bits per heavy atom. The smallest absolute Gasteiger partial charge is 0.307 e. The molecule has 1 aliphatic rings. The molecule has 2 aromatic rings. The molecule has 0 aromatic heterocycles. The number of aliphatic carboxylic acids is 1. The molecule has 0 bridgehead atoms. The summed E-state index contributed by atoms with van der Waals surface area (Å²) in [7, 11) is 0. The Bertz CT molecular complexity index is 540. The first-order chi connectivity index (χ1) is 9.25. The van der Waals surface area contributed by atoms with Crippen molar-refractivity contribution in [2.45, 2.75) is 19.3 Å². The highest BCUT2D eigenvalue weighted by Crippen LogP contribution is 2.15. The summed E-state index contributed by atoms with van der Waals surface area (Å²) in [6.07, 6.45) is 2.87. The monoisotopic (exact) mass is 257 g/mol. The van der Waals surface area contributed by atoms with Crippen LogP contribution in [0.1, 0.15) is 18.4 Å². The van der Waals surface area contributed by atoms with Crippen molar-refractivity contribution in [3.05, 3.63) is 48.0 Å². The van der Waals surface area contributed by atoms with Crippen LogP contribution < -0.4 is 5.32 Å². The highest BCUT2D eigenvalue weighted by Gasteiger charge is 2.00. The molecule has 0 unspecified atom stereocenters. The molecule has 0 radical (unpaired) electrons. The van der Waals surface area contributed by atoms with Crippen molar-refractivity contribution in [3.63, 3.8) is 0 Å². The molecule has 1 fully saturated rings. The number of nitrogens with one attached hydrogen (secondary N) is 1. The zero-order chi connectivity index (χ0) is 13.5. The third-order valence-corrected chi connectivity index (χ3v) is 3.13. The zero-order valence-electron chi connectivity index (χ0n) is 10.9. The first-order valence-corrected chi connectivity index (χ1v) is 6.66. The number of hydrogen-bond donors (Lipinski definition) is 2. The Hall–Kier alpha value is -1.87. The normalized spacial score (nSPS) is 13.9. The molecule has 0 spiro atoms. The van der Waals surface area contributed by atoms with Gasteiger partial charge in [-0.1, -0.05) is 42.5 Å². The second-order valence-corrected chi connectivity index (χ2v) is 4.71. The second kappa shape index (κ2) is 6.90. The second-order valence-electron chi connectivity index (χ2n) is 4.71. The summed E-state index contributed by atoms with van der Waals surface area (Å²) in [6, 6.07) is 13.7. The molecule has 0 atom stereocenters. The van der Waals surface area contributed by atoms with Crippen LogP contribution >= 0.6 is 0 Å². The van der Waals surface area contributed by atoms with Gasteiger partial charge in [0.25, 0.3) is 0 Å². The molecule has 1 heterocycles. The van der Waals surface area contributed by atoms with E-state index in [4.69, 9.17) is 5.11 Å². The van der Waals surface area contributed by atoms with Crippen molar-refractivity contribution in [1.29, 1.82) is 0 Å². The maximum absolute atomic E-state index is 10.5. The number of carbonyl (C=O) groups is 1. The van der Waals surface area contributed by atoms with Crippen LogP contribution in [-0.4, -0.2) is 24.2 Å². The van der Waals surface area contributed by atoms with Gasteiger partial charge in [0.05, 0.1) is 6.42 Å². The first-order valence-electron chi connectivity index (χ1n) is 6.66. The molecule has 19 heavy (non-hydrogen) atoms. The lowest BCUT2D eigenvalue weighted by molar-refractivity contribution is -0.136. The summed E-state index contributed by atoms with van der Waals surface area (Å²) in [6.45, 7) is 2.50. The molecule has 3 heteroatoms. The number of fused-ring (bicyclic) bond motifs is 1. The zero-order valence-corrected chi connectivity index (χ0v) is 10.9. The number of benzene rings is 2. The quantitative estimate of drug-likeness (QED) is 0.869. The summed E-state index contributed by atoms with van der Waals surface area (Å²) in [4.78, 5) is 10.5. The largest absolute Gasteiger partial charge is 0.481 e. The summed E-state index contributed by atoms with van der Waals surface area (Å²) in [5.74, 6) is -0.791. The minimum atomic E-state index is -0.791. The predicted molar refractivity (Wildman–Crippen MR) is 77.4 cm³/mol. The molecule has 1 aliphatic heterocycles. The lowest BCUT2D eigenvalue weighted by Gasteiger charge is -2.00. The van der Waals surface area contributed by atoms with Crippen molar-refractivity contribution in [2.75, 3.05) is 13.1 Å². The topological polar surface area (TPSA) is 49.3 Å². The first kappa shape index (κ1) is 13.6. The van der Waals surface area contributed by atoms with Gasteiger partial charge in [0.2, 0.25) is 0 Å². The molecule has 0 amide bonds. The van der Waals surface area contributed by atoms with E-state index in [0.717, 1.165) is 16.3 Å². The summed E-state index contributed by atoms with van der Waals surface area (Å²) >= 11 is 0. The minimum absolute atomic E-state index is 0.0881. The van der Waals surface area contributed by atoms with Gasteiger partial charge in [0, 0.05) is 0 Å². The van der Waals surface area contributed by atoms with E-state index in [1.807, 2.05) is 42.5 Å². The van der Waals surface area contributed by atoms with Crippen LogP contribution in [0, 0.1) is 0 Å². The van der Waals surface area contributed by atoms with Gasteiger partial charge in [-0.05, 0) is 42.3 Å². The number of carboxylic acids is 1. The lowest BCUT2D eigenvalue weighted by atomic mass is 10.1. The maximum Gasteiger partial charge on any atom is 0.307 e. The molecule has 2 aromatic carbocycles. The van der Waals surface area contributed by atoms with Crippen molar-refractivity contribution >= 4 is 16.7 Å². The molecule has 3 nitrogen and oxygen atoms in total. The van der Waals surface area contributed by atoms with Crippen molar-refractivity contribution in [1.82, 2.24) is 5.32 Å². The fraction of sp³-hybridized carbons (Fsp3) is 0.312. The molecule has 1 saturated heterocycles. The van der Waals surface area contributed by atoms with E-state index in [2.05, 4.69) is 5.32 Å². The van der Waals surface area contributed by atoms with Gasteiger partial charge in [-0.2, -0.15) is 0 Å². The number of hydrogen-bond acceptors (Lipinski definition) is 2. The summed E-state index contributed by atoms with van der Waals surface area (Å²) in [5, 5.41) is 14.1. The van der Waals surface area contributed by atoms with E-state index < -0.39 is 5.97 Å². The number of rotatable bonds is 2. The SMILES string of the molecule is C1CCNC1.O=C(O)Cc1ccc2ccccc2c1. The molecular weight excluding hydrogens is 238 g/mol. The van der Waals surface area contributed by atoms with E-state index in [-0.39, 0.29) is 6.42 Å². The Kier molecular flexibility index (Phi) is 4.93. The van der Waals surface area contributed by atoms with Crippen molar-refractivity contribution < 1.29 is 9.90 Å². The molecule has 0 aliphatic carbocycles. The molecule has 3 rings (SSSR count). The van der Waals surface area contributed by atoms with Crippen LogP contribution in [0.4, 0.5) is 0 Å². The Balaban J connectivity index is 0.000000224. The Morgan fingerprint density at radius 3 is 2.32 bits per heavy atom. The van der Waals surface area contributed by atoms with Crippen LogP contribution in [0.5, 0.6) is 0 Å².